The number of rotatable bonds is 7. The molecule has 0 aliphatic heterocycles. The van der Waals surface area contributed by atoms with Crippen LogP contribution in [0.15, 0.2) is 30.3 Å². The van der Waals surface area contributed by atoms with E-state index < -0.39 is 27.5 Å². The Morgan fingerprint density at radius 3 is 2.04 bits per heavy atom. The Kier molecular flexibility index (Phi) is 6.37. The fourth-order valence-corrected chi connectivity index (χ4v) is 2.63. The van der Waals surface area contributed by atoms with E-state index in [2.05, 4.69) is 4.18 Å². The number of alkyl halides is 3. The normalized spacial score (nSPS) is 15.1. The third-order valence-electron chi connectivity index (χ3n) is 3.18. The van der Waals surface area contributed by atoms with E-state index in [0.29, 0.717) is 0 Å². The highest BCUT2D eigenvalue weighted by Gasteiger charge is 2.53. The molecule has 6 nitrogen and oxygen atoms in total. The zero-order valence-electron chi connectivity index (χ0n) is 13.3. The van der Waals surface area contributed by atoms with Crippen LogP contribution in [0.1, 0.15) is 31.1 Å². The Morgan fingerprint density at radius 2 is 1.62 bits per heavy atom. The van der Waals surface area contributed by atoms with Gasteiger partial charge in [0.05, 0.1) is 5.56 Å². The van der Waals surface area contributed by atoms with Gasteiger partial charge >= 0.3 is 21.6 Å². The van der Waals surface area contributed by atoms with Gasteiger partial charge in [-0.25, -0.2) is 13.9 Å². The first-order chi connectivity index (χ1) is 11.0. The number of halogens is 3. The molecule has 1 aromatic carbocycles. The predicted molar refractivity (Wildman–Crippen MR) is 79.2 cm³/mol. The van der Waals surface area contributed by atoms with Crippen LogP contribution in [-0.4, -0.2) is 43.8 Å². The zero-order chi connectivity index (χ0) is 18.6. The van der Waals surface area contributed by atoms with E-state index >= 15 is 0 Å². The summed E-state index contributed by atoms with van der Waals surface area (Å²) in [7, 11) is -5.97. The molecule has 0 aromatic heterocycles. The zero-order valence-corrected chi connectivity index (χ0v) is 14.1. The minimum Gasteiger partial charge on any atom is -0.414 e. The van der Waals surface area contributed by atoms with Gasteiger partial charge < -0.3 is 4.74 Å². The van der Waals surface area contributed by atoms with Crippen LogP contribution in [0.5, 0.6) is 0 Å². The highest BCUT2D eigenvalue weighted by atomic mass is 32.2. The number of carbonyl (C=O) groups excluding carboxylic acids is 1. The minimum atomic E-state index is -5.97. The predicted octanol–water partition coefficient (Wildman–Crippen LogP) is 2.73. The van der Waals surface area contributed by atoms with E-state index in [1.807, 2.05) is 0 Å². The van der Waals surface area contributed by atoms with Gasteiger partial charge in [-0.3, -0.25) is 0 Å². The largest absolute Gasteiger partial charge is 0.523 e. The molecule has 1 unspecified atom stereocenters. The lowest BCUT2D eigenvalue weighted by molar-refractivity contribution is -0.231. The van der Waals surface area contributed by atoms with Crippen molar-refractivity contribution in [2.75, 3.05) is 13.1 Å². The molecule has 0 bridgehead atoms. The molecular formula is C14H18F3NO5S. The number of ether oxygens (including phenoxy) is 1. The third-order valence-corrected chi connectivity index (χ3v) is 4.27. The molecule has 1 rings (SSSR count). The Balaban J connectivity index is 3.18. The van der Waals surface area contributed by atoms with Gasteiger partial charge in [-0.15, -0.1) is 0 Å². The Morgan fingerprint density at radius 1 is 1.12 bits per heavy atom. The number of esters is 1. The molecule has 0 fully saturated rings. The van der Waals surface area contributed by atoms with Crippen molar-refractivity contribution in [3.05, 3.63) is 35.9 Å². The number of benzene rings is 1. The van der Waals surface area contributed by atoms with Crippen LogP contribution in [0.3, 0.4) is 0 Å². The van der Waals surface area contributed by atoms with E-state index in [1.165, 1.54) is 24.3 Å². The molecule has 10 heteroatoms. The van der Waals surface area contributed by atoms with Crippen molar-refractivity contribution in [2.45, 2.75) is 32.2 Å². The maximum atomic E-state index is 12.6. The van der Waals surface area contributed by atoms with Crippen LogP contribution in [0.2, 0.25) is 0 Å². The van der Waals surface area contributed by atoms with Crippen LogP contribution in [0.4, 0.5) is 13.2 Å². The highest BCUT2D eigenvalue weighted by Crippen LogP contribution is 2.31. The lowest BCUT2D eigenvalue weighted by Gasteiger charge is -2.37. The molecule has 0 spiro atoms. The van der Waals surface area contributed by atoms with Crippen molar-refractivity contribution in [2.24, 2.45) is 0 Å². The van der Waals surface area contributed by atoms with Crippen molar-refractivity contribution in [1.29, 1.82) is 0 Å². The SMILES string of the molecule is CCN(CC)C(C)(OC(=O)c1ccccc1)OS(=O)(=O)C(F)(F)F. The maximum Gasteiger partial charge on any atom is 0.523 e. The van der Waals surface area contributed by atoms with Gasteiger partial charge in [0.15, 0.2) is 0 Å². The second kappa shape index (κ2) is 7.49. The van der Waals surface area contributed by atoms with Gasteiger partial charge in [0.25, 0.3) is 5.91 Å². The second-order valence-electron chi connectivity index (χ2n) is 4.81. The van der Waals surface area contributed by atoms with E-state index in [9.17, 15) is 26.4 Å². The summed E-state index contributed by atoms with van der Waals surface area (Å²) in [4.78, 5) is 13.3. The van der Waals surface area contributed by atoms with Gasteiger partial charge in [-0.1, -0.05) is 32.0 Å². The molecule has 0 N–H and O–H groups in total. The standard InChI is InChI=1S/C14H18F3NO5S/c1-4-18(5-2)13(3,23-24(20,21)14(15,16)17)22-12(19)11-9-7-6-8-10-11/h6-10H,4-5H2,1-3H3. The summed E-state index contributed by atoms with van der Waals surface area (Å²) in [5, 5.41) is 0. The molecule has 0 saturated heterocycles. The summed E-state index contributed by atoms with van der Waals surface area (Å²) in [5.41, 5.74) is -5.59. The average molecular weight is 369 g/mol. The van der Waals surface area contributed by atoms with Crippen molar-refractivity contribution in [3.8, 4) is 0 Å². The fourth-order valence-electron chi connectivity index (χ4n) is 1.99. The van der Waals surface area contributed by atoms with Crippen molar-refractivity contribution < 1.29 is 35.3 Å². The van der Waals surface area contributed by atoms with Crippen molar-refractivity contribution in [3.63, 3.8) is 0 Å². The van der Waals surface area contributed by atoms with Crippen LogP contribution >= 0.6 is 0 Å². The van der Waals surface area contributed by atoms with Gasteiger partial charge in [0.2, 0.25) is 0 Å². The van der Waals surface area contributed by atoms with Crippen LogP contribution in [0, 0.1) is 0 Å². The lowest BCUT2D eigenvalue weighted by Crippen LogP contribution is -2.54. The first-order valence-electron chi connectivity index (χ1n) is 7.02. The summed E-state index contributed by atoms with van der Waals surface area (Å²) < 4.78 is 69.8. The summed E-state index contributed by atoms with van der Waals surface area (Å²) >= 11 is 0. The summed E-state index contributed by atoms with van der Waals surface area (Å²) in [6, 6.07) is 7.44. The molecule has 24 heavy (non-hydrogen) atoms. The monoisotopic (exact) mass is 369 g/mol. The molecule has 136 valence electrons. The van der Waals surface area contributed by atoms with Gasteiger partial charge in [0.1, 0.15) is 0 Å². The Bertz CT molecular complexity index is 659. The molecule has 1 atom stereocenters. The quantitative estimate of drug-likeness (QED) is 0.318. The number of hydrogen-bond donors (Lipinski definition) is 0. The lowest BCUT2D eigenvalue weighted by atomic mass is 10.2. The molecule has 0 radical (unpaired) electrons. The first-order valence-corrected chi connectivity index (χ1v) is 8.43. The summed E-state index contributed by atoms with van der Waals surface area (Å²) in [6.45, 7) is 4.23. The molecule has 0 aliphatic rings. The van der Waals surface area contributed by atoms with Crippen LogP contribution < -0.4 is 0 Å². The van der Waals surface area contributed by atoms with Gasteiger partial charge in [0, 0.05) is 20.0 Å². The first kappa shape index (κ1) is 20.4. The fraction of sp³-hybridized carbons (Fsp3) is 0.500. The van der Waals surface area contributed by atoms with Crippen LogP contribution in [-0.2, 0) is 19.0 Å². The molecule has 0 aliphatic carbocycles. The number of nitrogens with zero attached hydrogens (tertiary/aromatic N) is 1. The van der Waals surface area contributed by atoms with E-state index in [-0.39, 0.29) is 18.7 Å². The molecule has 1 aromatic rings. The number of hydrogen-bond acceptors (Lipinski definition) is 6. The topological polar surface area (TPSA) is 72.9 Å². The maximum absolute atomic E-state index is 12.6. The van der Waals surface area contributed by atoms with Crippen LogP contribution in [0.25, 0.3) is 0 Å². The molecule has 0 saturated carbocycles. The smallest absolute Gasteiger partial charge is 0.414 e. The number of carbonyl (C=O) groups is 1. The van der Waals surface area contributed by atoms with E-state index in [1.54, 1.807) is 19.9 Å². The van der Waals surface area contributed by atoms with Crippen molar-refractivity contribution >= 4 is 16.1 Å². The van der Waals surface area contributed by atoms with E-state index in [0.717, 1.165) is 11.8 Å². The summed E-state index contributed by atoms with van der Waals surface area (Å²) in [6.07, 6.45) is 0. The second-order valence-corrected chi connectivity index (χ2v) is 6.35. The average Bonchev–Trinajstić information content (AvgIpc) is 2.47. The Hall–Kier alpha value is -1.65. The molecular weight excluding hydrogens is 351 g/mol. The molecule has 0 heterocycles. The van der Waals surface area contributed by atoms with Gasteiger partial charge in [-0.2, -0.15) is 21.6 Å². The third kappa shape index (κ3) is 4.68. The van der Waals surface area contributed by atoms with E-state index in [4.69, 9.17) is 4.74 Å². The van der Waals surface area contributed by atoms with Crippen molar-refractivity contribution in [1.82, 2.24) is 4.90 Å². The highest BCUT2D eigenvalue weighted by molar-refractivity contribution is 7.87. The molecule has 0 amide bonds. The van der Waals surface area contributed by atoms with Gasteiger partial charge in [-0.05, 0) is 12.1 Å². The minimum absolute atomic E-state index is 0.0453. The Labute approximate surface area is 138 Å². The summed E-state index contributed by atoms with van der Waals surface area (Å²) in [5.74, 6) is -3.45.